The van der Waals surface area contributed by atoms with Crippen LogP contribution in [0.5, 0.6) is 0 Å². The minimum absolute atomic E-state index is 0.0476. The zero-order valence-corrected chi connectivity index (χ0v) is 15.1. The third-order valence-electron chi connectivity index (χ3n) is 3.31. The van der Waals surface area contributed by atoms with Gasteiger partial charge in [-0.1, -0.05) is 36.5 Å². The molecule has 0 amide bonds. The molecule has 6 nitrogen and oxygen atoms in total. The monoisotopic (exact) mass is 366 g/mol. The third kappa shape index (κ3) is 3.65. The molecule has 1 aromatic carbocycles. The summed E-state index contributed by atoms with van der Waals surface area (Å²) in [4.78, 5) is 16.0. The summed E-state index contributed by atoms with van der Waals surface area (Å²) < 4.78 is 31.6. The van der Waals surface area contributed by atoms with Crippen LogP contribution in [-0.2, 0) is 21.2 Å². The Morgan fingerprint density at radius 2 is 2.04 bits per heavy atom. The molecule has 128 valence electrons. The van der Waals surface area contributed by atoms with Gasteiger partial charge in [0, 0.05) is 0 Å². The Bertz CT molecular complexity index is 826. The van der Waals surface area contributed by atoms with E-state index in [-0.39, 0.29) is 21.4 Å². The molecule has 0 N–H and O–H groups in total. The van der Waals surface area contributed by atoms with Gasteiger partial charge in [-0.25, -0.2) is 22.5 Å². The van der Waals surface area contributed by atoms with E-state index in [4.69, 9.17) is 0 Å². The first kappa shape index (κ1) is 18.2. The number of aryl methyl sites for hydroxylation is 1. The summed E-state index contributed by atoms with van der Waals surface area (Å²) in [7, 11) is -2.54. The van der Waals surface area contributed by atoms with Crippen molar-refractivity contribution in [2.45, 2.75) is 18.2 Å². The van der Waals surface area contributed by atoms with Gasteiger partial charge in [-0.05, 0) is 24.1 Å². The zero-order chi connectivity index (χ0) is 17.7. The molecule has 2 rings (SSSR count). The van der Waals surface area contributed by atoms with Crippen molar-refractivity contribution in [1.82, 2.24) is 4.98 Å². The van der Waals surface area contributed by atoms with E-state index in [9.17, 15) is 13.2 Å². The van der Waals surface area contributed by atoms with Crippen LogP contribution < -0.4 is 4.31 Å². The molecule has 2 aromatic rings. The SMILES string of the molecule is C=CCN(c1ncc(C(=O)OC)s1)S(=O)(=O)c1ccc(CC)cc1. The molecule has 24 heavy (non-hydrogen) atoms. The Balaban J connectivity index is 2.42. The lowest BCUT2D eigenvalue weighted by molar-refractivity contribution is 0.0606. The van der Waals surface area contributed by atoms with Crippen molar-refractivity contribution < 1.29 is 17.9 Å². The smallest absolute Gasteiger partial charge is 0.349 e. The van der Waals surface area contributed by atoms with E-state index in [1.54, 1.807) is 24.3 Å². The first-order valence-corrected chi connectivity index (χ1v) is 9.46. The highest BCUT2D eigenvalue weighted by atomic mass is 32.2. The second-order valence-corrected chi connectivity index (χ2v) is 7.69. The summed E-state index contributed by atoms with van der Waals surface area (Å²) in [5, 5.41) is 0.190. The van der Waals surface area contributed by atoms with Gasteiger partial charge in [0.25, 0.3) is 10.0 Å². The molecule has 0 aliphatic carbocycles. The van der Waals surface area contributed by atoms with Gasteiger partial charge in [0.15, 0.2) is 5.13 Å². The zero-order valence-electron chi connectivity index (χ0n) is 13.4. The van der Waals surface area contributed by atoms with E-state index in [2.05, 4.69) is 16.3 Å². The number of esters is 1. The number of rotatable bonds is 7. The molecule has 1 aromatic heterocycles. The number of methoxy groups -OCH3 is 1. The quantitative estimate of drug-likeness (QED) is 0.556. The lowest BCUT2D eigenvalue weighted by Gasteiger charge is -2.20. The Kier molecular flexibility index (Phi) is 5.74. The third-order valence-corrected chi connectivity index (χ3v) is 6.19. The molecule has 0 saturated carbocycles. The molecule has 1 heterocycles. The van der Waals surface area contributed by atoms with Crippen LogP contribution in [0.15, 0.2) is 48.0 Å². The maximum absolute atomic E-state index is 12.9. The standard InChI is InChI=1S/C16H18N2O4S2/c1-4-10-18(16-17-11-14(23-16)15(19)22-3)24(20,21)13-8-6-12(5-2)7-9-13/h4,6-9,11H,1,5,10H2,2-3H3. The van der Waals surface area contributed by atoms with Gasteiger partial charge in [-0.15, -0.1) is 6.58 Å². The fourth-order valence-electron chi connectivity index (χ4n) is 2.00. The summed E-state index contributed by atoms with van der Waals surface area (Å²) in [6, 6.07) is 6.69. The van der Waals surface area contributed by atoms with Gasteiger partial charge in [-0.2, -0.15) is 0 Å². The number of hydrogen-bond acceptors (Lipinski definition) is 6. The van der Waals surface area contributed by atoms with Crippen LogP contribution in [0.4, 0.5) is 5.13 Å². The van der Waals surface area contributed by atoms with Crippen LogP contribution in [0.2, 0.25) is 0 Å². The van der Waals surface area contributed by atoms with E-state index in [0.717, 1.165) is 27.6 Å². The number of carbonyl (C=O) groups excluding carboxylic acids is 1. The lowest BCUT2D eigenvalue weighted by Crippen LogP contribution is -2.31. The number of hydrogen-bond donors (Lipinski definition) is 0. The summed E-state index contributed by atoms with van der Waals surface area (Å²) >= 11 is 0.956. The molecular formula is C16H18N2O4S2. The number of ether oxygens (including phenoxy) is 1. The topological polar surface area (TPSA) is 76.6 Å². The minimum Gasteiger partial charge on any atom is -0.465 e. The number of aromatic nitrogens is 1. The van der Waals surface area contributed by atoms with Crippen molar-refractivity contribution in [2.75, 3.05) is 18.0 Å². The van der Waals surface area contributed by atoms with E-state index >= 15 is 0 Å². The van der Waals surface area contributed by atoms with Crippen molar-refractivity contribution in [3.63, 3.8) is 0 Å². The van der Waals surface area contributed by atoms with Crippen molar-refractivity contribution in [3.05, 3.63) is 53.6 Å². The number of thiazole rings is 1. The first-order valence-electron chi connectivity index (χ1n) is 7.20. The Hall–Kier alpha value is -2.19. The maximum Gasteiger partial charge on any atom is 0.349 e. The van der Waals surface area contributed by atoms with Gasteiger partial charge in [-0.3, -0.25) is 0 Å². The van der Waals surface area contributed by atoms with Crippen LogP contribution in [0.25, 0.3) is 0 Å². The molecule has 8 heteroatoms. The summed E-state index contributed by atoms with van der Waals surface area (Å²) in [5.41, 5.74) is 1.05. The number of benzene rings is 1. The maximum atomic E-state index is 12.9. The summed E-state index contributed by atoms with van der Waals surface area (Å²) in [6.45, 7) is 5.64. The van der Waals surface area contributed by atoms with Crippen LogP contribution in [0.3, 0.4) is 0 Å². The highest BCUT2D eigenvalue weighted by Crippen LogP contribution is 2.28. The van der Waals surface area contributed by atoms with E-state index in [0.29, 0.717) is 0 Å². The molecule has 0 spiro atoms. The van der Waals surface area contributed by atoms with Gasteiger partial charge in [0.1, 0.15) is 4.88 Å². The molecular weight excluding hydrogens is 348 g/mol. The predicted octanol–water partition coefficient (Wildman–Crippen LogP) is 2.87. The fraction of sp³-hybridized carbons (Fsp3) is 0.250. The van der Waals surface area contributed by atoms with Crippen molar-refractivity contribution in [2.24, 2.45) is 0 Å². The van der Waals surface area contributed by atoms with Crippen molar-refractivity contribution in [3.8, 4) is 0 Å². The summed E-state index contributed by atoms with van der Waals surface area (Å²) in [5.74, 6) is -0.554. The normalized spacial score (nSPS) is 11.1. The summed E-state index contributed by atoms with van der Waals surface area (Å²) in [6.07, 6.45) is 3.60. The molecule has 0 saturated heterocycles. The van der Waals surface area contributed by atoms with Crippen LogP contribution in [-0.4, -0.2) is 33.0 Å². The predicted molar refractivity (Wildman–Crippen MR) is 94.0 cm³/mol. The van der Waals surface area contributed by atoms with Gasteiger partial charge in [0.05, 0.1) is 24.7 Å². The Labute approximate surface area is 145 Å². The lowest BCUT2D eigenvalue weighted by atomic mass is 10.2. The number of nitrogens with zero attached hydrogens (tertiary/aromatic N) is 2. The van der Waals surface area contributed by atoms with E-state index in [1.807, 2.05) is 6.92 Å². The largest absolute Gasteiger partial charge is 0.465 e. The van der Waals surface area contributed by atoms with Crippen molar-refractivity contribution in [1.29, 1.82) is 0 Å². The minimum atomic E-state index is -3.80. The molecule has 0 aliphatic rings. The van der Waals surface area contributed by atoms with E-state index < -0.39 is 16.0 Å². The molecule has 0 fully saturated rings. The first-order chi connectivity index (χ1) is 11.4. The van der Waals surface area contributed by atoms with Gasteiger partial charge >= 0.3 is 5.97 Å². The highest BCUT2D eigenvalue weighted by Gasteiger charge is 2.27. The Morgan fingerprint density at radius 1 is 1.38 bits per heavy atom. The van der Waals surface area contributed by atoms with Crippen molar-refractivity contribution >= 4 is 32.5 Å². The second kappa shape index (κ2) is 7.59. The number of sulfonamides is 1. The molecule has 0 radical (unpaired) electrons. The average Bonchev–Trinajstić information content (AvgIpc) is 3.08. The second-order valence-electron chi connectivity index (χ2n) is 4.82. The average molecular weight is 366 g/mol. The molecule has 0 aliphatic heterocycles. The number of anilines is 1. The fourth-order valence-corrected chi connectivity index (χ4v) is 4.44. The van der Waals surface area contributed by atoms with Gasteiger partial charge in [0.2, 0.25) is 0 Å². The van der Waals surface area contributed by atoms with Crippen LogP contribution in [0, 0.1) is 0 Å². The van der Waals surface area contributed by atoms with Crippen LogP contribution >= 0.6 is 11.3 Å². The molecule has 0 bridgehead atoms. The molecule has 0 unspecified atom stereocenters. The molecule has 0 atom stereocenters. The highest BCUT2D eigenvalue weighted by molar-refractivity contribution is 7.93. The van der Waals surface area contributed by atoms with Crippen LogP contribution in [0.1, 0.15) is 22.2 Å². The Morgan fingerprint density at radius 3 is 2.58 bits per heavy atom. The van der Waals surface area contributed by atoms with Gasteiger partial charge < -0.3 is 4.74 Å². The van der Waals surface area contributed by atoms with E-state index in [1.165, 1.54) is 19.4 Å². The number of carbonyl (C=O) groups is 1.